The summed E-state index contributed by atoms with van der Waals surface area (Å²) in [6.45, 7) is 2.00. The minimum absolute atomic E-state index is 0.0692. The Labute approximate surface area is 161 Å². The highest BCUT2D eigenvalue weighted by Gasteiger charge is 2.11. The molecule has 0 aliphatic heterocycles. The molecule has 6 heteroatoms. The second kappa shape index (κ2) is 7.68. The van der Waals surface area contributed by atoms with Gasteiger partial charge in [0.1, 0.15) is 0 Å². The number of pyridine rings is 1. The number of amides is 1. The number of fused-ring (bicyclic) bond motifs is 1. The van der Waals surface area contributed by atoms with Crippen molar-refractivity contribution >= 4 is 66.1 Å². The van der Waals surface area contributed by atoms with Gasteiger partial charge in [0.15, 0.2) is 0 Å². The van der Waals surface area contributed by atoms with Crippen LogP contribution in [0.4, 0.5) is 5.69 Å². The number of anilines is 1. The number of para-hydroxylation sites is 1. The van der Waals surface area contributed by atoms with E-state index in [1.165, 1.54) is 11.8 Å². The van der Waals surface area contributed by atoms with Crippen molar-refractivity contribution in [2.45, 2.75) is 11.9 Å². The summed E-state index contributed by atoms with van der Waals surface area (Å²) < 4.78 is 1.72. The topological polar surface area (TPSA) is 42.0 Å². The molecule has 3 aromatic rings. The zero-order valence-corrected chi connectivity index (χ0v) is 16.8. The lowest BCUT2D eigenvalue weighted by molar-refractivity contribution is -0.113. The Morgan fingerprint density at radius 1 is 1.12 bits per heavy atom. The average Bonchev–Trinajstić information content (AvgIpc) is 2.56. The molecular weight excluding hydrogens is 452 g/mol. The van der Waals surface area contributed by atoms with Crippen molar-refractivity contribution < 1.29 is 4.79 Å². The molecule has 1 aromatic heterocycles. The summed E-state index contributed by atoms with van der Waals surface area (Å²) in [5.41, 5.74) is 2.80. The predicted octanol–water partition coefficient (Wildman–Crippen LogP) is 5.80. The highest BCUT2D eigenvalue weighted by molar-refractivity contribution is 9.11. The summed E-state index contributed by atoms with van der Waals surface area (Å²) in [4.78, 5) is 16.8. The first-order valence-corrected chi connectivity index (χ1v) is 9.84. The number of hydrogen-bond donors (Lipinski definition) is 1. The molecule has 0 unspecified atom stereocenters. The van der Waals surface area contributed by atoms with Gasteiger partial charge in [-0.3, -0.25) is 4.79 Å². The molecule has 0 fully saturated rings. The molecule has 0 spiro atoms. The molecule has 1 heterocycles. The number of aromatic nitrogens is 1. The maximum absolute atomic E-state index is 12.2. The molecule has 0 aliphatic rings. The number of nitrogens with zero attached hydrogens (tertiary/aromatic N) is 1. The highest BCUT2D eigenvalue weighted by atomic mass is 79.9. The van der Waals surface area contributed by atoms with E-state index in [0.29, 0.717) is 5.75 Å². The number of aryl methyl sites for hydroxylation is 1. The molecule has 0 saturated heterocycles. The smallest absolute Gasteiger partial charge is 0.234 e. The van der Waals surface area contributed by atoms with Crippen molar-refractivity contribution in [3.8, 4) is 0 Å². The number of nitrogens with one attached hydrogen (secondary N) is 1. The average molecular weight is 466 g/mol. The van der Waals surface area contributed by atoms with Crippen LogP contribution in [0.15, 0.2) is 62.5 Å². The number of carbonyl (C=O) groups is 1. The van der Waals surface area contributed by atoms with Gasteiger partial charge in [-0.2, -0.15) is 0 Å². The third-order valence-electron chi connectivity index (χ3n) is 3.37. The number of hydrogen-bond acceptors (Lipinski definition) is 3. The SMILES string of the molecule is Cc1cc(Br)c(NC(=O)CSc2ccc3ccccc3n2)c(Br)c1. The van der Waals surface area contributed by atoms with Crippen LogP contribution in [0.25, 0.3) is 10.9 Å². The van der Waals surface area contributed by atoms with E-state index in [2.05, 4.69) is 42.2 Å². The van der Waals surface area contributed by atoms with Gasteiger partial charge in [0.25, 0.3) is 0 Å². The molecule has 0 radical (unpaired) electrons. The van der Waals surface area contributed by atoms with Crippen molar-refractivity contribution in [1.82, 2.24) is 4.98 Å². The molecule has 24 heavy (non-hydrogen) atoms. The number of halogens is 2. The second-order valence-corrected chi connectivity index (χ2v) is 7.99. The quantitative estimate of drug-likeness (QED) is 0.495. The molecule has 122 valence electrons. The summed E-state index contributed by atoms with van der Waals surface area (Å²) in [5.74, 6) is 0.234. The van der Waals surface area contributed by atoms with Crippen LogP contribution in [0.3, 0.4) is 0 Å². The Balaban J connectivity index is 1.67. The van der Waals surface area contributed by atoms with E-state index < -0.39 is 0 Å². The minimum atomic E-state index is -0.0692. The summed E-state index contributed by atoms with van der Waals surface area (Å²) in [5, 5.41) is 4.87. The highest BCUT2D eigenvalue weighted by Crippen LogP contribution is 2.32. The largest absolute Gasteiger partial charge is 0.323 e. The van der Waals surface area contributed by atoms with Crippen LogP contribution in [-0.2, 0) is 4.79 Å². The summed E-state index contributed by atoms with van der Waals surface area (Å²) in [6, 6.07) is 15.9. The van der Waals surface area contributed by atoms with Crippen molar-refractivity contribution in [1.29, 1.82) is 0 Å². The minimum Gasteiger partial charge on any atom is -0.323 e. The van der Waals surface area contributed by atoms with Gasteiger partial charge in [-0.1, -0.05) is 36.0 Å². The number of thioether (sulfide) groups is 1. The Morgan fingerprint density at radius 3 is 2.58 bits per heavy atom. The lowest BCUT2D eigenvalue weighted by Gasteiger charge is -2.10. The van der Waals surface area contributed by atoms with Gasteiger partial charge >= 0.3 is 0 Å². The zero-order valence-electron chi connectivity index (χ0n) is 12.8. The van der Waals surface area contributed by atoms with E-state index in [-0.39, 0.29) is 5.91 Å². The first-order chi connectivity index (χ1) is 11.5. The van der Waals surface area contributed by atoms with Gasteiger partial charge in [-0.05, 0) is 68.6 Å². The lowest BCUT2D eigenvalue weighted by atomic mass is 10.2. The van der Waals surface area contributed by atoms with Crippen LogP contribution in [0, 0.1) is 6.92 Å². The first kappa shape index (κ1) is 17.5. The number of carbonyl (C=O) groups excluding carboxylic acids is 1. The van der Waals surface area contributed by atoms with E-state index in [4.69, 9.17) is 0 Å². The van der Waals surface area contributed by atoms with Crippen LogP contribution in [0.2, 0.25) is 0 Å². The van der Waals surface area contributed by atoms with Crippen LogP contribution in [-0.4, -0.2) is 16.6 Å². The third kappa shape index (κ3) is 4.18. The molecule has 2 aromatic carbocycles. The number of benzene rings is 2. The maximum Gasteiger partial charge on any atom is 0.234 e. The third-order valence-corrected chi connectivity index (χ3v) is 5.56. The van der Waals surface area contributed by atoms with Crippen LogP contribution >= 0.6 is 43.6 Å². The molecule has 0 bridgehead atoms. The summed E-state index contributed by atoms with van der Waals surface area (Å²) in [6.07, 6.45) is 0. The second-order valence-electron chi connectivity index (χ2n) is 5.28. The lowest BCUT2D eigenvalue weighted by Crippen LogP contribution is -2.15. The van der Waals surface area contributed by atoms with Crippen molar-refractivity contribution in [2.75, 3.05) is 11.1 Å². The molecule has 0 saturated carbocycles. The number of rotatable bonds is 4. The van der Waals surface area contributed by atoms with Gasteiger partial charge in [-0.15, -0.1) is 0 Å². The molecule has 1 N–H and O–H groups in total. The van der Waals surface area contributed by atoms with Crippen LogP contribution < -0.4 is 5.32 Å². The molecule has 1 amide bonds. The Kier molecular flexibility index (Phi) is 5.58. The zero-order chi connectivity index (χ0) is 17.1. The Bertz CT molecular complexity index is 891. The van der Waals surface area contributed by atoms with Crippen molar-refractivity contribution in [3.05, 3.63) is 63.0 Å². The molecule has 0 aliphatic carbocycles. The summed E-state index contributed by atoms with van der Waals surface area (Å²) in [7, 11) is 0. The van der Waals surface area contributed by atoms with E-state index in [0.717, 1.165) is 36.1 Å². The van der Waals surface area contributed by atoms with Gasteiger partial charge < -0.3 is 5.32 Å². The standard InChI is InChI=1S/C18H14Br2N2OS/c1-11-8-13(19)18(14(20)9-11)22-16(23)10-24-17-7-6-12-4-2-3-5-15(12)21-17/h2-9H,10H2,1H3,(H,22,23). The van der Waals surface area contributed by atoms with E-state index in [1.54, 1.807) is 0 Å². The van der Waals surface area contributed by atoms with Crippen LogP contribution in [0.1, 0.15) is 5.56 Å². The maximum atomic E-state index is 12.2. The molecule has 0 atom stereocenters. The first-order valence-electron chi connectivity index (χ1n) is 7.27. The fourth-order valence-corrected chi connectivity index (χ4v) is 4.55. The van der Waals surface area contributed by atoms with Crippen molar-refractivity contribution in [2.24, 2.45) is 0 Å². The normalized spacial score (nSPS) is 10.8. The van der Waals surface area contributed by atoms with Gasteiger partial charge in [0.2, 0.25) is 5.91 Å². The monoisotopic (exact) mass is 464 g/mol. The van der Waals surface area contributed by atoms with E-state index in [1.807, 2.05) is 55.5 Å². The van der Waals surface area contributed by atoms with Gasteiger partial charge in [0.05, 0.1) is 22.0 Å². The summed E-state index contributed by atoms with van der Waals surface area (Å²) >= 11 is 8.40. The molecule has 3 rings (SSSR count). The van der Waals surface area contributed by atoms with E-state index in [9.17, 15) is 4.79 Å². The van der Waals surface area contributed by atoms with Gasteiger partial charge in [0, 0.05) is 14.3 Å². The van der Waals surface area contributed by atoms with E-state index >= 15 is 0 Å². The van der Waals surface area contributed by atoms with Crippen LogP contribution in [0.5, 0.6) is 0 Å². The van der Waals surface area contributed by atoms with Gasteiger partial charge in [-0.25, -0.2) is 4.98 Å². The Hall–Kier alpha value is -1.37. The Morgan fingerprint density at radius 2 is 1.83 bits per heavy atom. The van der Waals surface area contributed by atoms with Crippen molar-refractivity contribution in [3.63, 3.8) is 0 Å². The predicted molar refractivity (Wildman–Crippen MR) is 108 cm³/mol. The fraction of sp³-hybridized carbons (Fsp3) is 0.111. The molecule has 3 nitrogen and oxygen atoms in total. The fourth-order valence-electron chi connectivity index (χ4n) is 2.26. The molecular formula is C18H14Br2N2OS.